The summed E-state index contributed by atoms with van der Waals surface area (Å²) in [6.07, 6.45) is 0.118. The molecular formula is C19H29BrN2O3. The van der Waals surface area contributed by atoms with E-state index in [-0.39, 0.29) is 11.5 Å². The predicted molar refractivity (Wildman–Crippen MR) is 103 cm³/mol. The molecule has 0 bridgehead atoms. The van der Waals surface area contributed by atoms with Gasteiger partial charge in [0.25, 0.3) is 0 Å². The molecule has 1 heterocycles. The third-order valence-electron chi connectivity index (χ3n) is 4.73. The molecule has 6 heteroatoms. The highest BCUT2D eigenvalue weighted by molar-refractivity contribution is 9.10. The number of piperazine rings is 1. The lowest BCUT2D eigenvalue weighted by Crippen LogP contribution is -2.59. The Kier molecular flexibility index (Phi) is 6.74. The summed E-state index contributed by atoms with van der Waals surface area (Å²) in [5.74, 6) is 0.893. The van der Waals surface area contributed by atoms with Crippen LogP contribution in [-0.2, 0) is 0 Å². The van der Waals surface area contributed by atoms with Gasteiger partial charge in [0, 0.05) is 30.7 Å². The Morgan fingerprint density at radius 2 is 2.08 bits per heavy atom. The number of hydrogen-bond acceptors (Lipinski definition) is 3. The van der Waals surface area contributed by atoms with Gasteiger partial charge in [0.15, 0.2) is 0 Å². The first kappa shape index (κ1) is 20.0. The first-order valence-electron chi connectivity index (χ1n) is 8.79. The monoisotopic (exact) mass is 412 g/mol. The van der Waals surface area contributed by atoms with Crippen molar-refractivity contribution in [2.75, 3.05) is 32.8 Å². The minimum Gasteiger partial charge on any atom is -0.494 e. The van der Waals surface area contributed by atoms with Crippen molar-refractivity contribution in [3.8, 4) is 5.75 Å². The van der Waals surface area contributed by atoms with Crippen LogP contribution in [0.15, 0.2) is 22.7 Å². The molecule has 1 fully saturated rings. The highest BCUT2D eigenvalue weighted by atomic mass is 79.9. The Bertz CT molecular complexity index is 601. The molecule has 1 aromatic rings. The molecule has 1 aromatic carbocycles. The summed E-state index contributed by atoms with van der Waals surface area (Å²) in [7, 11) is 0. The molecule has 1 N–H and O–H groups in total. The molecule has 2 rings (SSSR count). The second kappa shape index (κ2) is 8.41. The van der Waals surface area contributed by atoms with Gasteiger partial charge in [-0.15, -0.1) is 0 Å². The Morgan fingerprint density at radius 3 is 2.68 bits per heavy atom. The molecule has 1 amide bonds. The van der Waals surface area contributed by atoms with Gasteiger partial charge in [-0.05, 0) is 42.5 Å². The number of rotatable bonds is 5. The molecule has 1 unspecified atom stereocenters. The largest absolute Gasteiger partial charge is 0.494 e. The van der Waals surface area contributed by atoms with E-state index in [1.165, 1.54) is 0 Å². The summed E-state index contributed by atoms with van der Waals surface area (Å²) in [5.41, 5.74) is 1.10. The van der Waals surface area contributed by atoms with Crippen molar-refractivity contribution in [3.63, 3.8) is 0 Å². The van der Waals surface area contributed by atoms with E-state index >= 15 is 0 Å². The molecular weight excluding hydrogens is 384 g/mol. The topological polar surface area (TPSA) is 53.0 Å². The number of benzene rings is 1. The molecule has 1 saturated heterocycles. The fourth-order valence-corrected chi connectivity index (χ4v) is 3.44. The normalized spacial score (nSPS) is 19.1. The van der Waals surface area contributed by atoms with Gasteiger partial charge in [0.1, 0.15) is 5.75 Å². The standard InChI is InChI=1S/C19H29BrN2O3/c1-14-12-15(6-7-16(14)20)25-11-5-8-21-9-10-22(18(23)24)17(13-21)19(2,3)4/h6-7,12,17H,5,8-11,13H2,1-4H3,(H,23,24). The van der Waals surface area contributed by atoms with Gasteiger partial charge < -0.3 is 14.7 Å². The van der Waals surface area contributed by atoms with Crippen LogP contribution in [-0.4, -0.2) is 59.8 Å². The van der Waals surface area contributed by atoms with Crippen LogP contribution in [0.4, 0.5) is 4.79 Å². The van der Waals surface area contributed by atoms with E-state index < -0.39 is 6.09 Å². The maximum atomic E-state index is 11.5. The molecule has 0 saturated carbocycles. The van der Waals surface area contributed by atoms with Crippen LogP contribution in [0.2, 0.25) is 0 Å². The van der Waals surface area contributed by atoms with Crippen LogP contribution >= 0.6 is 15.9 Å². The Balaban J connectivity index is 1.81. The number of halogens is 1. The summed E-state index contributed by atoms with van der Waals surface area (Å²) in [6, 6.07) is 6.03. The highest BCUT2D eigenvalue weighted by Gasteiger charge is 2.37. The molecule has 0 aliphatic carbocycles. The van der Waals surface area contributed by atoms with Crippen molar-refractivity contribution < 1.29 is 14.6 Å². The molecule has 0 spiro atoms. The highest BCUT2D eigenvalue weighted by Crippen LogP contribution is 2.28. The second-order valence-electron chi connectivity index (χ2n) is 7.77. The smallest absolute Gasteiger partial charge is 0.407 e. The number of amides is 1. The Morgan fingerprint density at radius 1 is 1.36 bits per heavy atom. The number of carboxylic acid groups (broad SMARTS) is 1. The minimum atomic E-state index is -0.812. The molecule has 0 radical (unpaired) electrons. The van der Waals surface area contributed by atoms with E-state index in [0.717, 1.165) is 41.8 Å². The maximum absolute atomic E-state index is 11.5. The van der Waals surface area contributed by atoms with Crippen molar-refractivity contribution in [1.82, 2.24) is 9.80 Å². The number of carbonyl (C=O) groups is 1. The van der Waals surface area contributed by atoms with Crippen molar-refractivity contribution in [2.24, 2.45) is 5.41 Å². The number of aryl methyl sites for hydroxylation is 1. The zero-order valence-corrected chi connectivity index (χ0v) is 17.2. The predicted octanol–water partition coefficient (Wildman–Crippen LogP) is 4.24. The van der Waals surface area contributed by atoms with E-state index in [0.29, 0.717) is 13.2 Å². The summed E-state index contributed by atoms with van der Waals surface area (Å²) in [5, 5.41) is 9.42. The van der Waals surface area contributed by atoms with Crippen LogP contribution in [0.1, 0.15) is 32.8 Å². The van der Waals surface area contributed by atoms with Gasteiger partial charge >= 0.3 is 6.09 Å². The Hall–Kier alpha value is -1.27. The second-order valence-corrected chi connectivity index (χ2v) is 8.63. The lowest BCUT2D eigenvalue weighted by molar-refractivity contribution is 0.0203. The fraction of sp³-hybridized carbons (Fsp3) is 0.632. The van der Waals surface area contributed by atoms with Gasteiger partial charge in [-0.3, -0.25) is 4.90 Å². The molecule has 1 aliphatic heterocycles. The maximum Gasteiger partial charge on any atom is 0.407 e. The molecule has 25 heavy (non-hydrogen) atoms. The van der Waals surface area contributed by atoms with E-state index in [1.807, 2.05) is 25.1 Å². The van der Waals surface area contributed by atoms with Crippen molar-refractivity contribution >= 4 is 22.0 Å². The average Bonchev–Trinajstić information content (AvgIpc) is 2.53. The van der Waals surface area contributed by atoms with Gasteiger partial charge in [0.2, 0.25) is 0 Å². The lowest BCUT2D eigenvalue weighted by atomic mass is 9.84. The summed E-state index contributed by atoms with van der Waals surface area (Å²) < 4.78 is 6.92. The fourth-order valence-electron chi connectivity index (χ4n) is 3.20. The summed E-state index contributed by atoms with van der Waals surface area (Å²) in [4.78, 5) is 15.4. The number of hydrogen-bond donors (Lipinski definition) is 1. The van der Waals surface area contributed by atoms with Crippen LogP contribution < -0.4 is 4.74 Å². The van der Waals surface area contributed by atoms with Crippen molar-refractivity contribution in [1.29, 1.82) is 0 Å². The first-order chi connectivity index (χ1) is 11.7. The first-order valence-corrected chi connectivity index (χ1v) is 9.58. The van der Waals surface area contributed by atoms with Crippen molar-refractivity contribution in [3.05, 3.63) is 28.2 Å². The quantitative estimate of drug-likeness (QED) is 0.734. The molecule has 5 nitrogen and oxygen atoms in total. The molecule has 0 aromatic heterocycles. The molecule has 1 aliphatic rings. The van der Waals surface area contributed by atoms with Crippen molar-refractivity contribution in [2.45, 2.75) is 40.2 Å². The van der Waals surface area contributed by atoms with Crippen LogP contribution in [0, 0.1) is 12.3 Å². The van der Waals surface area contributed by atoms with Gasteiger partial charge in [-0.25, -0.2) is 4.79 Å². The third kappa shape index (κ3) is 5.61. The van der Waals surface area contributed by atoms with Gasteiger partial charge in [-0.1, -0.05) is 36.7 Å². The summed E-state index contributed by atoms with van der Waals surface area (Å²) >= 11 is 3.49. The molecule has 1 atom stereocenters. The van der Waals surface area contributed by atoms with E-state index in [1.54, 1.807) is 4.90 Å². The number of ether oxygens (including phenoxy) is 1. The zero-order chi connectivity index (χ0) is 18.6. The van der Waals surface area contributed by atoms with Gasteiger partial charge in [0.05, 0.1) is 12.6 Å². The van der Waals surface area contributed by atoms with Gasteiger partial charge in [-0.2, -0.15) is 0 Å². The SMILES string of the molecule is Cc1cc(OCCCN2CCN(C(=O)O)C(C(C)(C)C)C2)ccc1Br. The minimum absolute atomic E-state index is 0.0220. The Labute approximate surface area is 159 Å². The summed E-state index contributed by atoms with van der Waals surface area (Å²) in [6.45, 7) is 12.1. The lowest BCUT2D eigenvalue weighted by Gasteiger charge is -2.46. The third-order valence-corrected chi connectivity index (χ3v) is 5.62. The van der Waals surface area contributed by atoms with E-state index in [2.05, 4.69) is 41.6 Å². The van der Waals surface area contributed by atoms with E-state index in [9.17, 15) is 9.90 Å². The zero-order valence-electron chi connectivity index (χ0n) is 15.6. The molecule has 140 valence electrons. The van der Waals surface area contributed by atoms with E-state index in [4.69, 9.17) is 4.74 Å². The number of nitrogens with zero attached hydrogens (tertiary/aromatic N) is 2. The van der Waals surface area contributed by atoms with Crippen LogP contribution in [0.5, 0.6) is 5.75 Å². The van der Waals surface area contributed by atoms with Crippen LogP contribution in [0.25, 0.3) is 0 Å². The van der Waals surface area contributed by atoms with Crippen LogP contribution in [0.3, 0.4) is 0 Å². The average molecular weight is 413 g/mol.